The molecule has 0 bridgehead atoms. The lowest BCUT2D eigenvalue weighted by Gasteiger charge is -2.08. The summed E-state index contributed by atoms with van der Waals surface area (Å²) in [6, 6.07) is 0. The number of anilines is 1. The summed E-state index contributed by atoms with van der Waals surface area (Å²) in [6.45, 7) is 2.55. The van der Waals surface area contributed by atoms with Gasteiger partial charge in [0, 0.05) is 11.9 Å². The van der Waals surface area contributed by atoms with Crippen LogP contribution in [-0.2, 0) is 11.2 Å². The number of halogens is 2. The van der Waals surface area contributed by atoms with E-state index in [-0.39, 0.29) is 0 Å². The molecule has 0 unspecified atom stereocenters. The fourth-order valence-electron chi connectivity index (χ4n) is 1.81. The Labute approximate surface area is 141 Å². The van der Waals surface area contributed by atoms with Crippen molar-refractivity contribution in [2.75, 3.05) is 19.0 Å². The molecule has 2 aromatic heterocycles. The van der Waals surface area contributed by atoms with Gasteiger partial charge in [0.05, 0.1) is 7.11 Å². The Balaban J connectivity index is 1.86. The van der Waals surface area contributed by atoms with Gasteiger partial charge >= 0.3 is 5.97 Å². The van der Waals surface area contributed by atoms with E-state index in [1.165, 1.54) is 18.4 Å². The fraction of sp³-hybridized carbons (Fsp3) is 0.385. The first-order valence-corrected chi connectivity index (χ1v) is 8.11. The molecule has 2 rings (SSSR count). The number of hydrogen-bond acceptors (Lipinski definition) is 7. The zero-order valence-electron chi connectivity index (χ0n) is 12.0. The standard InChI is InChI=1S/C13H14Cl2N4O2S/c1-7-8(11(15)19-18-10(7)14)4-3-5-16-13-17-9(6-22-13)12(20)21-2/h6H,3-5H2,1-2H3,(H,16,17). The third-order valence-electron chi connectivity index (χ3n) is 3.02. The van der Waals surface area contributed by atoms with Crippen molar-refractivity contribution < 1.29 is 9.53 Å². The van der Waals surface area contributed by atoms with E-state index in [1.54, 1.807) is 5.38 Å². The van der Waals surface area contributed by atoms with E-state index in [1.807, 2.05) is 6.92 Å². The summed E-state index contributed by atoms with van der Waals surface area (Å²) in [5, 5.41) is 13.8. The van der Waals surface area contributed by atoms with Crippen LogP contribution in [0.4, 0.5) is 5.13 Å². The SMILES string of the molecule is COC(=O)c1csc(NCCCc2c(Cl)nnc(Cl)c2C)n1. The van der Waals surface area contributed by atoms with Gasteiger partial charge in [-0.3, -0.25) is 0 Å². The molecular formula is C13H14Cl2N4O2S. The number of methoxy groups -OCH3 is 1. The summed E-state index contributed by atoms with van der Waals surface area (Å²) in [5.74, 6) is -0.441. The highest BCUT2D eigenvalue weighted by atomic mass is 35.5. The molecule has 0 spiro atoms. The predicted octanol–water partition coefficient (Wildman–Crippen LogP) is 3.38. The number of aromatic nitrogens is 3. The molecule has 0 aliphatic carbocycles. The largest absolute Gasteiger partial charge is 0.464 e. The Kier molecular flexibility index (Phi) is 5.93. The molecule has 0 saturated carbocycles. The summed E-state index contributed by atoms with van der Waals surface area (Å²) in [4.78, 5) is 15.4. The molecule has 0 atom stereocenters. The molecule has 1 N–H and O–H groups in total. The molecule has 0 fully saturated rings. The summed E-state index contributed by atoms with van der Waals surface area (Å²) in [6.07, 6.45) is 1.54. The topological polar surface area (TPSA) is 77.0 Å². The van der Waals surface area contributed by atoms with Gasteiger partial charge in [0.2, 0.25) is 0 Å². The number of esters is 1. The van der Waals surface area contributed by atoms with Crippen LogP contribution < -0.4 is 5.32 Å². The summed E-state index contributed by atoms with van der Waals surface area (Å²) in [7, 11) is 1.33. The molecular weight excluding hydrogens is 347 g/mol. The molecule has 118 valence electrons. The number of rotatable bonds is 6. The van der Waals surface area contributed by atoms with E-state index < -0.39 is 5.97 Å². The second kappa shape index (κ2) is 7.71. The van der Waals surface area contributed by atoms with Crippen LogP contribution in [0.1, 0.15) is 28.0 Å². The number of hydrogen-bond donors (Lipinski definition) is 1. The first-order chi connectivity index (χ1) is 10.5. The van der Waals surface area contributed by atoms with Crippen molar-refractivity contribution >= 4 is 45.6 Å². The van der Waals surface area contributed by atoms with Gasteiger partial charge in [0.25, 0.3) is 0 Å². The summed E-state index contributed by atoms with van der Waals surface area (Å²) >= 11 is 13.3. The quantitative estimate of drug-likeness (QED) is 0.628. The molecule has 0 radical (unpaired) electrons. The lowest BCUT2D eigenvalue weighted by Crippen LogP contribution is -2.06. The van der Waals surface area contributed by atoms with Crippen LogP contribution >= 0.6 is 34.5 Å². The van der Waals surface area contributed by atoms with Gasteiger partial charge in [-0.1, -0.05) is 23.2 Å². The van der Waals surface area contributed by atoms with E-state index in [2.05, 4.69) is 25.2 Å². The molecule has 22 heavy (non-hydrogen) atoms. The first-order valence-electron chi connectivity index (χ1n) is 6.47. The van der Waals surface area contributed by atoms with Crippen molar-refractivity contribution in [2.45, 2.75) is 19.8 Å². The summed E-state index contributed by atoms with van der Waals surface area (Å²) < 4.78 is 4.61. The Bertz CT molecular complexity index is 678. The fourth-order valence-corrected chi connectivity index (χ4v) is 2.94. The highest BCUT2D eigenvalue weighted by Gasteiger charge is 2.12. The Hall–Kier alpha value is -1.44. The Morgan fingerprint density at radius 3 is 2.82 bits per heavy atom. The van der Waals surface area contributed by atoms with Crippen molar-refractivity contribution in [3.05, 3.63) is 32.5 Å². The number of carbonyl (C=O) groups excluding carboxylic acids is 1. The van der Waals surface area contributed by atoms with Gasteiger partial charge in [-0.15, -0.1) is 21.5 Å². The van der Waals surface area contributed by atoms with Crippen molar-refractivity contribution in [2.24, 2.45) is 0 Å². The van der Waals surface area contributed by atoms with Gasteiger partial charge in [-0.2, -0.15) is 0 Å². The number of ether oxygens (including phenoxy) is 1. The maximum absolute atomic E-state index is 11.3. The lowest BCUT2D eigenvalue weighted by molar-refractivity contribution is 0.0595. The molecule has 9 heteroatoms. The van der Waals surface area contributed by atoms with Crippen LogP contribution in [-0.4, -0.2) is 34.8 Å². The molecule has 0 amide bonds. The molecule has 2 aromatic rings. The van der Waals surface area contributed by atoms with Crippen LogP contribution in [0.3, 0.4) is 0 Å². The molecule has 0 aliphatic rings. The van der Waals surface area contributed by atoms with Crippen LogP contribution in [0.25, 0.3) is 0 Å². The number of thiazole rings is 1. The van der Waals surface area contributed by atoms with E-state index in [0.29, 0.717) is 27.7 Å². The van der Waals surface area contributed by atoms with E-state index >= 15 is 0 Å². The number of nitrogens with one attached hydrogen (secondary N) is 1. The molecule has 0 aromatic carbocycles. The van der Waals surface area contributed by atoms with Gasteiger partial charge in [0.1, 0.15) is 0 Å². The molecule has 6 nitrogen and oxygen atoms in total. The first kappa shape index (κ1) is 16.9. The molecule has 0 saturated heterocycles. The highest BCUT2D eigenvalue weighted by Crippen LogP contribution is 2.23. The Morgan fingerprint density at radius 1 is 1.36 bits per heavy atom. The minimum Gasteiger partial charge on any atom is -0.464 e. The zero-order valence-corrected chi connectivity index (χ0v) is 14.3. The average molecular weight is 361 g/mol. The average Bonchev–Trinajstić information content (AvgIpc) is 2.98. The van der Waals surface area contributed by atoms with Crippen LogP contribution in [0.15, 0.2) is 5.38 Å². The maximum Gasteiger partial charge on any atom is 0.357 e. The third kappa shape index (κ3) is 4.06. The number of nitrogens with zero attached hydrogens (tertiary/aromatic N) is 3. The monoisotopic (exact) mass is 360 g/mol. The second-order valence-electron chi connectivity index (χ2n) is 4.44. The normalized spacial score (nSPS) is 10.5. The van der Waals surface area contributed by atoms with Gasteiger partial charge in [-0.25, -0.2) is 9.78 Å². The smallest absolute Gasteiger partial charge is 0.357 e. The van der Waals surface area contributed by atoms with E-state index in [4.69, 9.17) is 23.2 Å². The van der Waals surface area contributed by atoms with Crippen LogP contribution in [0, 0.1) is 6.92 Å². The van der Waals surface area contributed by atoms with Crippen molar-refractivity contribution in [1.29, 1.82) is 0 Å². The van der Waals surface area contributed by atoms with Crippen LogP contribution in [0.2, 0.25) is 10.3 Å². The zero-order chi connectivity index (χ0) is 16.1. The number of carbonyl (C=O) groups is 1. The van der Waals surface area contributed by atoms with Gasteiger partial charge < -0.3 is 10.1 Å². The van der Waals surface area contributed by atoms with Crippen molar-refractivity contribution in [3.8, 4) is 0 Å². The maximum atomic E-state index is 11.3. The highest BCUT2D eigenvalue weighted by molar-refractivity contribution is 7.13. The second-order valence-corrected chi connectivity index (χ2v) is 6.02. The minimum atomic E-state index is -0.441. The van der Waals surface area contributed by atoms with E-state index in [9.17, 15) is 4.79 Å². The third-order valence-corrected chi connectivity index (χ3v) is 4.48. The summed E-state index contributed by atoms with van der Waals surface area (Å²) in [5.41, 5.74) is 2.06. The van der Waals surface area contributed by atoms with E-state index in [0.717, 1.165) is 24.0 Å². The van der Waals surface area contributed by atoms with Crippen LogP contribution in [0.5, 0.6) is 0 Å². The van der Waals surface area contributed by atoms with Crippen molar-refractivity contribution in [3.63, 3.8) is 0 Å². The van der Waals surface area contributed by atoms with Crippen molar-refractivity contribution in [1.82, 2.24) is 15.2 Å². The predicted molar refractivity (Wildman–Crippen MR) is 87.1 cm³/mol. The molecule has 2 heterocycles. The Morgan fingerprint density at radius 2 is 2.09 bits per heavy atom. The molecule has 0 aliphatic heterocycles. The minimum absolute atomic E-state index is 0.305. The van der Waals surface area contributed by atoms with Gasteiger partial charge in [-0.05, 0) is 30.9 Å². The van der Waals surface area contributed by atoms with Gasteiger partial charge in [0.15, 0.2) is 21.1 Å². The lowest BCUT2D eigenvalue weighted by atomic mass is 10.1.